The molecule has 230 valence electrons. The van der Waals surface area contributed by atoms with E-state index in [1.54, 1.807) is 0 Å². The summed E-state index contributed by atoms with van der Waals surface area (Å²) in [5.41, 5.74) is 0.0644. The maximum atomic E-state index is 13.9. The van der Waals surface area contributed by atoms with Gasteiger partial charge >= 0.3 is 0 Å². The molecule has 0 bridgehead atoms. The highest BCUT2D eigenvalue weighted by Gasteiger charge is 2.69. The summed E-state index contributed by atoms with van der Waals surface area (Å²) in [5, 5.41) is 17.8. The predicted octanol–water partition coefficient (Wildman–Crippen LogP) is 2.74. The number of hydrogen-bond donors (Lipinski definition) is 3. The molecule has 0 unspecified atom stereocenters. The minimum absolute atomic E-state index is 0.0363. The van der Waals surface area contributed by atoms with Gasteiger partial charge < -0.3 is 25.6 Å². The highest BCUT2D eigenvalue weighted by atomic mass is 19.3. The third-order valence-corrected chi connectivity index (χ3v) is 9.79. The number of likely N-dealkylation sites (tertiary alicyclic amines) is 1. The first-order valence-electron chi connectivity index (χ1n) is 14.7. The number of nitrogens with zero attached hydrogens (tertiary/aromatic N) is 2. The Labute approximate surface area is 246 Å². The highest BCUT2D eigenvalue weighted by Crippen LogP contribution is 2.65. The van der Waals surface area contributed by atoms with Crippen molar-refractivity contribution in [1.29, 1.82) is 5.26 Å². The lowest BCUT2D eigenvalue weighted by Crippen LogP contribution is -2.58. The molecule has 2 aliphatic heterocycles. The summed E-state index contributed by atoms with van der Waals surface area (Å²) in [7, 11) is 0. The topological polar surface area (TPSA) is 141 Å². The summed E-state index contributed by atoms with van der Waals surface area (Å²) >= 11 is 0. The maximum Gasteiger partial charge on any atom is 0.265 e. The molecule has 4 amide bonds. The van der Waals surface area contributed by atoms with Crippen molar-refractivity contribution in [1.82, 2.24) is 15.5 Å². The highest BCUT2D eigenvalue weighted by molar-refractivity contribution is 5.98. The van der Waals surface area contributed by atoms with Gasteiger partial charge in [0, 0.05) is 37.8 Å². The van der Waals surface area contributed by atoms with Gasteiger partial charge in [-0.15, -0.1) is 0 Å². The van der Waals surface area contributed by atoms with Gasteiger partial charge in [0.15, 0.2) is 6.10 Å². The minimum atomic E-state index is -2.87. The Morgan fingerprint density at radius 1 is 1.16 bits per heavy atom. The molecular weight excluding hydrogens is 567 g/mol. The van der Waals surface area contributed by atoms with Gasteiger partial charge in [0.05, 0.1) is 11.8 Å². The van der Waals surface area contributed by atoms with Crippen LogP contribution < -0.4 is 20.7 Å². The molecule has 3 N–H and O–H groups in total. The molecule has 3 saturated carbocycles. The molecule has 6 atom stereocenters. The number of hydrogen-bond acceptors (Lipinski definition) is 6. The molecule has 6 rings (SSSR count). The van der Waals surface area contributed by atoms with Gasteiger partial charge in [-0.3, -0.25) is 19.2 Å². The quantitative estimate of drug-likeness (QED) is 0.398. The van der Waals surface area contributed by atoms with E-state index in [2.05, 4.69) is 16.0 Å². The zero-order valence-corrected chi connectivity index (χ0v) is 23.9. The largest absolute Gasteiger partial charge is 0.478 e. The van der Waals surface area contributed by atoms with Crippen molar-refractivity contribution in [2.75, 3.05) is 11.9 Å². The number of nitriles is 1. The first kappa shape index (κ1) is 29.3. The Bertz CT molecular complexity index is 1400. The van der Waals surface area contributed by atoms with Crippen LogP contribution in [0.15, 0.2) is 18.2 Å². The second kappa shape index (κ2) is 10.4. The fraction of sp³-hybridized carbons (Fsp3) is 0.633. The van der Waals surface area contributed by atoms with Crippen molar-refractivity contribution in [3.8, 4) is 11.8 Å². The lowest BCUT2D eigenvalue weighted by Gasteiger charge is -2.36. The number of halogens is 3. The predicted molar refractivity (Wildman–Crippen MR) is 145 cm³/mol. The number of amides is 4. The van der Waals surface area contributed by atoms with Gasteiger partial charge in [0.2, 0.25) is 23.6 Å². The zero-order valence-electron chi connectivity index (χ0n) is 23.9. The van der Waals surface area contributed by atoms with Crippen molar-refractivity contribution < 1.29 is 37.1 Å². The molecule has 13 heteroatoms. The lowest BCUT2D eigenvalue weighted by molar-refractivity contribution is -0.153. The number of ether oxygens (including phenoxy) is 1. The van der Waals surface area contributed by atoms with Crippen LogP contribution >= 0.6 is 0 Å². The van der Waals surface area contributed by atoms with Crippen molar-refractivity contribution >= 4 is 29.3 Å². The van der Waals surface area contributed by atoms with Gasteiger partial charge in [-0.25, -0.2) is 13.2 Å². The van der Waals surface area contributed by atoms with Crippen molar-refractivity contribution in [3.63, 3.8) is 0 Å². The number of nitrogens with one attached hydrogen (secondary N) is 3. The van der Waals surface area contributed by atoms with E-state index in [4.69, 9.17) is 4.74 Å². The normalized spacial score (nSPS) is 29.4. The summed E-state index contributed by atoms with van der Waals surface area (Å²) in [6.45, 7) is 4.30. The molecule has 0 radical (unpaired) electrons. The molecule has 1 aromatic rings. The molecular formula is C30H34F3N5O5. The van der Waals surface area contributed by atoms with E-state index in [0.717, 1.165) is 18.9 Å². The van der Waals surface area contributed by atoms with Gasteiger partial charge in [-0.2, -0.15) is 5.26 Å². The van der Waals surface area contributed by atoms with Crippen LogP contribution in [0.1, 0.15) is 52.4 Å². The Morgan fingerprint density at radius 3 is 2.53 bits per heavy atom. The van der Waals surface area contributed by atoms with Gasteiger partial charge in [-0.05, 0) is 41.7 Å². The molecule has 10 nitrogen and oxygen atoms in total. The van der Waals surface area contributed by atoms with E-state index in [1.165, 1.54) is 17.0 Å². The van der Waals surface area contributed by atoms with Crippen LogP contribution in [0.4, 0.5) is 18.9 Å². The van der Waals surface area contributed by atoms with Crippen LogP contribution in [0.3, 0.4) is 0 Å². The average Bonchev–Trinajstić information content (AvgIpc) is 3.78. The first-order chi connectivity index (χ1) is 20.3. The second-order valence-corrected chi connectivity index (χ2v) is 13.3. The number of piperidine rings is 1. The number of fused-ring (bicyclic) bond motifs is 2. The third kappa shape index (κ3) is 5.63. The van der Waals surface area contributed by atoms with Gasteiger partial charge in [-0.1, -0.05) is 26.7 Å². The standard InChI is InChI=1S/C30H34F3N5O5/c1-29(2)18-13-38(28(42)20(7-14-3-4-14)37-25(39)15-10-30(32,33)11-15)24(23(18)29)27(41)35-17(12-34)9-22-26(40)36-19-6-5-16(31)8-21(19)43-22/h5-6,8,14-15,17-18,20,22-24H,3-4,7,9-11,13H2,1-2H3,(H,35,41)(H,36,40)(H,37,39)/t17-,18-,20-,22-,23-,24-/m0/s1. The summed E-state index contributed by atoms with van der Waals surface area (Å²) in [5.74, 6) is -6.20. The zero-order chi connectivity index (χ0) is 30.8. The maximum absolute atomic E-state index is 13.9. The van der Waals surface area contributed by atoms with E-state index in [-0.39, 0.29) is 35.3 Å². The minimum Gasteiger partial charge on any atom is -0.478 e. The lowest BCUT2D eigenvalue weighted by atomic mass is 9.80. The second-order valence-electron chi connectivity index (χ2n) is 13.3. The Kier molecular flexibility index (Phi) is 7.09. The number of carbonyl (C=O) groups excluding carboxylic acids is 4. The molecule has 4 fully saturated rings. The Morgan fingerprint density at radius 2 is 1.88 bits per heavy atom. The molecule has 0 aromatic heterocycles. The van der Waals surface area contributed by atoms with Crippen LogP contribution in [0.5, 0.6) is 5.75 Å². The van der Waals surface area contributed by atoms with E-state index >= 15 is 0 Å². The Hall–Kier alpha value is -3.82. The molecule has 5 aliphatic rings. The fourth-order valence-corrected chi connectivity index (χ4v) is 6.95. The van der Waals surface area contributed by atoms with E-state index < -0.39 is 78.4 Å². The Balaban J connectivity index is 1.14. The SMILES string of the molecule is CC1(C)[C@@H]2[C@@H](C(=O)N[C@H](C#N)C[C@@H]3Oc4cc(F)ccc4NC3=O)N(C(=O)[C@H](CC3CC3)NC(=O)C3CC(F)(F)C3)C[C@@H]21. The van der Waals surface area contributed by atoms with E-state index in [1.807, 2.05) is 19.9 Å². The number of anilines is 1. The van der Waals surface area contributed by atoms with Crippen molar-refractivity contribution in [2.45, 2.75) is 82.5 Å². The monoisotopic (exact) mass is 601 g/mol. The van der Waals surface area contributed by atoms with Crippen LogP contribution in [0.25, 0.3) is 0 Å². The summed E-state index contributed by atoms with van der Waals surface area (Å²) < 4.78 is 46.1. The number of alkyl halides is 2. The van der Waals surface area contributed by atoms with E-state index in [9.17, 15) is 37.6 Å². The molecule has 3 aliphatic carbocycles. The number of benzene rings is 1. The van der Waals surface area contributed by atoms with Crippen LogP contribution in [0, 0.1) is 46.2 Å². The summed E-state index contributed by atoms with van der Waals surface area (Å²) in [6.07, 6.45) is -0.294. The average molecular weight is 602 g/mol. The van der Waals surface area contributed by atoms with E-state index in [0.29, 0.717) is 18.7 Å². The van der Waals surface area contributed by atoms with Crippen LogP contribution in [0.2, 0.25) is 0 Å². The van der Waals surface area contributed by atoms with Gasteiger partial charge in [0.25, 0.3) is 5.91 Å². The fourth-order valence-electron chi connectivity index (χ4n) is 6.95. The van der Waals surface area contributed by atoms with Crippen molar-refractivity contribution in [3.05, 3.63) is 24.0 Å². The molecule has 43 heavy (non-hydrogen) atoms. The number of carbonyl (C=O) groups is 4. The van der Waals surface area contributed by atoms with Crippen LogP contribution in [-0.4, -0.2) is 65.2 Å². The smallest absolute Gasteiger partial charge is 0.265 e. The van der Waals surface area contributed by atoms with Gasteiger partial charge in [0.1, 0.15) is 29.7 Å². The molecule has 1 saturated heterocycles. The molecule has 2 heterocycles. The third-order valence-electron chi connectivity index (χ3n) is 9.79. The summed E-state index contributed by atoms with van der Waals surface area (Å²) in [6, 6.07) is 2.64. The number of rotatable bonds is 9. The molecule has 0 spiro atoms. The first-order valence-corrected chi connectivity index (χ1v) is 14.7. The van der Waals surface area contributed by atoms with Crippen molar-refractivity contribution in [2.24, 2.45) is 29.1 Å². The molecule has 1 aromatic carbocycles. The van der Waals surface area contributed by atoms with Crippen LogP contribution in [-0.2, 0) is 19.2 Å². The summed E-state index contributed by atoms with van der Waals surface area (Å²) in [4.78, 5) is 54.4.